The van der Waals surface area contributed by atoms with E-state index in [1.54, 1.807) is 0 Å². The minimum Gasteiger partial charge on any atom is -0.494 e. The summed E-state index contributed by atoms with van der Waals surface area (Å²) in [6.07, 6.45) is 0. The van der Waals surface area contributed by atoms with Crippen molar-refractivity contribution < 1.29 is 14.6 Å². The second kappa shape index (κ2) is 6.35. The molecular formula is C12H17N3O4. The molecule has 0 saturated carbocycles. The molecule has 2 rings (SSSR count). The van der Waals surface area contributed by atoms with Crippen LogP contribution in [0.1, 0.15) is 10.4 Å². The van der Waals surface area contributed by atoms with Gasteiger partial charge in [-0.25, -0.2) is 0 Å². The van der Waals surface area contributed by atoms with Gasteiger partial charge in [0.05, 0.1) is 18.8 Å². The predicted molar refractivity (Wildman–Crippen MR) is 68.3 cm³/mol. The number of hydrogen-bond acceptors (Lipinski definition) is 5. The molecule has 1 aromatic heterocycles. The molecule has 0 atom stereocenters. The molecule has 104 valence electrons. The third kappa shape index (κ3) is 4.08. The van der Waals surface area contributed by atoms with Crippen LogP contribution in [-0.2, 0) is 4.74 Å². The average molecular weight is 267 g/mol. The number of morpholine rings is 1. The molecule has 0 aromatic carbocycles. The van der Waals surface area contributed by atoms with Crippen LogP contribution in [0.5, 0.6) is 5.88 Å². The SMILES string of the molecule is O=C(NCCN1CCOCC1)c1cc(O)[nH]c(=O)c1. The highest BCUT2D eigenvalue weighted by Gasteiger charge is 2.11. The molecule has 1 saturated heterocycles. The number of carbonyl (C=O) groups excluding carboxylic acids is 1. The van der Waals surface area contributed by atoms with E-state index in [9.17, 15) is 14.7 Å². The lowest BCUT2D eigenvalue weighted by atomic mass is 10.2. The first-order chi connectivity index (χ1) is 9.15. The lowest BCUT2D eigenvalue weighted by molar-refractivity contribution is 0.0383. The third-order valence-corrected chi connectivity index (χ3v) is 2.91. The summed E-state index contributed by atoms with van der Waals surface area (Å²) in [6, 6.07) is 2.38. The highest BCUT2D eigenvalue weighted by molar-refractivity contribution is 5.94. The normalized spacial score (nSPS) is 16.2. The molecule has 2 heterocycles. The van der Waals surface area contributed by atoms with E-state index in [2.05, 4.69) is 15.2 Å². The van der Waals surface area contributed by atoms with Gasteiger partial charge in [0.15, 0.2) is 5.88 Å². The van der Waals surface area contributed by atoms with Gasteiger partial charge in [-0.05, 0) is 0 Å². The molecule has 1 aliphatic rings. The summed E-state index contributed by atoms with van der Waals surface area (Å²) < 4.78 is 5.23. The summed E-state index contributed by atoms with van der Waals surface area (Å²) in [6.45, 7) is 4.39. The van der Waals surface area contributed by atoms with Crippen LogP contribution in [0, 0.1) is 0 Å². The number of aromatic nitrogens is 1. The van der Waals surface area contributed by atoms with Gasteiger partial charge in [0.2, 0.25) is 0 Å². The zero-order chi connectivity index (χ0) is 13.7. The van der Waals surface area contributed by atoms with E-state index in [-0.39, 0.29) is 17.4 Å². The topological polar surface area (TPSA) is 94.7 Å². The van der Waals surface area contributed by atoms with Crippen molar-refractivity contribution in [2.45, 2.75) is 0 Å². The molecule has 3 N–H and O–H groups in total. The fourth-order valence-electron chi connectivity index (χ4n) is 1.91. The summed E-state index contributed by atoms with van der Waals surface area (Å²) in [5.74, 6) is -0.680. The zero-order valence-corrected chi connectivity index (χ0v) is 10.5. The Labute approximate surface area is 110 Å². The summed E-state index contributed by atoms with van der Waals surface area (Å²) in [4.78, 5) is 27.3. The summed E-state index contributed by atoms with van der Waals surface area (Å²) >= 11 is 0. The van der Waals surface area contributed by atoms with E-state index in [0.29, 0.717) is 6.54 Å². The lowest BCUT2D eigenvalue weighted by Crippen LogP contribution is -2.41. The molecule has 0 unspecified atom stereocenters. The van der Waals surface area contributed by atoms with Crippen LogP contribution < -0.4 is 10.9 Å². The first kappa shape index (κ1) is 13.6. The van der Waals surface area contributed by atoms with Gasteiger partial charge in [0, 0.05) is 38.3 Å². The molecule has 1 fully saturated rings. The second-order valence-electron chi connectivity index (χ2n) is 4.33. The van der Waals surface area contributed by atoms with E-state index in [4.69, 9.17) is 4.74 Å². The Morgan fingerprint density at radius 1 is 1.42 bits per heavy atom. The quantitative estimate of drug-likeness (QED) is 0.660. The third-order valence-electron chi connectivity index (χ3n) is 2.91. The van der Waals surface area contributed by atoms with Crippen molar-refractivity contribution in [1.29, 1.82) is 0 Å². The van der Waals surface area contributed by atoms with Crippen molar-refractivity contribution in [3.63, 3.8) is 0 Å². The van der Waals surface area contributed by atoms with E-state index in [0.717, 1.165) is 38.9 Å². The van der Waals surface area contributed by atoms with Crippen LogP contribution in [0.4, 0.5) is 0 Å². The molecule has 0 aliphatic carbocycles. The number of hydrogen-bond donors (Lipinski definition) is 3. The molecule has 0 spiro atoms. The van der Waals surface area contributed by atoms with Crippen molar-refractivity contribution in [2.24, 2.45) is 0 Å². The number of rotatable bonds is 4. The standard InChI is InChI=1S/C12H17N3O4/c16-10-7-9(8-11(17)14-10)12(18)13-1-2-15-3-5-19-6-4-15/h7-8H,1-6H2,(H,13,18)(H2,14,16,17). The fourth-order valence-corrected chi connectivity index (χ4v) is 1.91. The van der Waals surface area contributed by atoms with Crippen LogP contribution in [-0.4, -0.2) is 60.3 Å². The molecule has 19 heavy (non-hydrogen) atoms. The number of H-pyrrole nitrogens is 1. The highest BCUT2D eigenvalue weighted by Crippen LogP contribution is 2.03. The summed E-state index contributed by atoms with van der Waals surface area (Å²) in [5.41, 5.74) is -0.346. The Kier molecular flexibility index (Phi) is 4.53. The molecule has 1 aromatic rings. The number of aromatic amines is 1. The van der Waals surface area contributed by atoms with Crippen molar-refractivity contribution in [2.75, 3.05) is 39.4 Å². The van der Waals surface area contributed by atoms with Gasteiger partial charge in [-0.15, -0.1) is 0 Å². The largest absolute Gasteiger partial charge is 0.494 e. The molecule has 0 radical (unpaired) electrons. The Balaban J connectivity index is 1.82. The number of carbonyl (C=O) groups is 1. The number of nitrogens with zero attached hydrogens (tertiary/aromatic N) is 1. The number of nitrogens with one attached hydrogen (secondary N) is 2. The molecule has 1 aliphatic heterocycles. The van der Waals surface area contributed by atoms with Gasteiger partial charge in [0.25, 0.3) is 11.5 Å². The Morgan fingerprint density at radius 2 is 2.16 bits per heavy atom. The van der Waals surface area contributed by atoms with Crippen LogP contribution >= 0.6 is 0 Å². The molecular weight excluding hydrogens is 250 g/mol. The van der Waals surface area contributed by atoms with E-state index < -0.39 is 5.56 Å². The minimum absolute atomic E-state index is 0.156. The second-order valence-corrected chi connectivity index (χ2v) is 4.33. The van der Waals surface area contributed by atoms with Gasteiger partial charge in [0.1, 0.15) is 0 Å². The predicted octanol–water partition coefficient (Wildman–Crippen LogP) is -0.857. The van der Waals surface area contributed by atoms with Gasteiger partial charge in [-0.1, -0.05) is 0 Å². The van der Waals surface area contributed by atoms with Crippen molar-refractivity contribution in [3.05, 3.63) is 28.0 Å². The summed E-state index contributed by atoms with van der Waals surface area (Å²) in [5, 5.41) is 11.9. The number of pyridine rings is 1. The van der Waals surface area contributed by atoms with Crippen molar-refractivity contribution in [1.82, 2.24) is 15.2 Å². The first-order valence-corrected chi connectivity index (χ1v) is 6.17. The van der Waals surface area contributed by atoms with Crippen LogP contribution in [0.2, 0.25) is 0 Å². The minimum atomic E-state index is -0.502. The Bertz CT molecular complexity index is 494. The average Bonchev–Trinajstić information content (AvgIpc) is 2.38. The fraction of sp³-hybridized carbons (Fsp3) is 0.500. The Morgan fingerprint density at radius 3 is 2.84 bits per heavy atom. The van der Waals surface area contributed by atoms with E-state index in [1.165, 1.54) is 6.07 Å². The van der Waals surface area contributed by atoms with Crippen LogP contribution in [0.3, 0.4) is 0 Å². The number of amides is 1. The maximum atomic E-state index is 11.8. The Hall–Kier alpha value is -1.86. The van der Waals surface area contributed by atoms with Gasteiger partial charge in [-0.2, -0.15) is 0 Å². The van der Waals surface area contributed by atoms with Crippen LogP contribution in [0.25, 0.3) is 0 Å². The van der Waals surface area contributed by atoms with Gasteiger partial charge in [-0.3, -0.25) is 19.5 Å². The maximum Gasteiger partial charge on any atom is 0.251 e. The van der Waals surface area contributed by atoms with Crippen molar-refractivity contribution in [3.8, 4) is 5.88 Å². The number of aromatic hydroxyl groups is 1. The molecule has 7 heteroatoms. The van der Waals surface area contributed by atoms with Gasteiger partial charge >= 0.3 is 0 Å². The van der Waals surface area contributed by atoms with Gasteiger partial charge < -0.3 is 15.2 Å². The van der Waals surface area contributed by atoms with Crippen molar-refractivity contribution >= 4 is 5.91 Å². The maximum absolute atomic E-state index is 11.8. The molecule has 1 amide bonds. The van der Waals surface area contributed by atoms with Crippen LogP contribution in [0.15, 0.2) is 16.9 Å². The zero-order valence-electron chi connectivity index (χ0n) is 10.5. The number of ether oxygens (including phenoxy) is 1. The smallest absolute Gasteiger partial charge is 0.251 e. The highest BCUT2D eigenvalue weighted by atomic mass is 16.5. The molecule has 0 bridgehead atoms. The molecule has 7 nitrogen and oxygen atoms in total. The first-order valence-electron chi connectivity index (χ1n) is 6.17. The summed E-state index contributed by atoms with van der Waals surface area (Å²) in [7, 11) is 0. The van der Waals surface area contributed by atoms with E-state index >= 15 is 0 Å². The van der Waals surface area contributed by atoms with E-state index in [1.807, 2.05) is 0 Å². The lowest BCUT2D eigenvalue weighted by Gasteiger charge is -2.26. The monoisotopic (exact) mass is 267 g/mol.